The van der Waals surface area contributed by atoms with E-state index in [9.17, 15) is 0 Å². The minimum absolute atomic E-state index is 0.113. The fourth-order valence-corrected chi connectivity index (χ4v) is 3.62. The van der Waals surface area contributed by atoms with Crippen LogP contribution in [-0.4, -0.2) is 63.8 Å². The van der Waals surface area contributed by atoms with Crippen molar-refractivity contribution in [3.05, 3.63) is 22.4 Å². The van der Waals surface area contributed by atoms with Crippen LogP contribution < -0.4 is 10.6 Å². The lowest BCUT2D eigenvalue weighted by Crippen LogP contribution is -2.43. The van der Waals surface area contributed by atoms with E-state index in [4.69, 9.17) is 4.74 Å². The van der Waals surface area contributed by atoms with Crippen molar-refractivity contribution >= 4 is 17.3 Å². The highest BCUT2D eigenvalue weighted by Crippen LogP contribution is 2.26. The lowest BCUT2D eigenvalue weighted by molar-refractivity contribution is 0.0372. The van der Waals surface area contributed by atoms with E-state index >= 15 is 0 Å². The first-order valence-corrected chi connectivity index (χ1v) is 9.78. The van der Waals surface area contributed by atoms with Crippen LogP contribution in [-0.2, 0) is 10.2 Å². The zero-order chi connectivity index (χ0) is 17.3. The van der Waals surface area contributed by atoms with Crippen molar-refractivity contribution in [2.75, 3.05) is 53.0 Å². The van der Waals surface area contributed by atoms with Crippen LogP contribution in [0.1, 0.15) is 31.6 Å². The number of rotatable bonds is 8. The van der Waals surface area contributed by atoms with Gasteiger partial charge in [-0.25, -0.2) is 0 Å². The molecule has 0 saturated carbocycles. The molecule has 2 rings (SSSR count). The molecule has 2 heterocycles. The molecule has 24 heavy (non-hydrogen) atoms. The molecule has 0 bridgehead atoms. The van der Waals surface area contributed by atoms with Gasteiger partial charge in [0.15, 0.2) is 5.96 Å². The van der Waals surface area contributed by atoms with Crippen LogP contribution in [0.5, 0.6) is 0 Å². The molecule has 1 aromatic heterocycles. The Labute approximate surface area is 150 Å². The quantitative estimate of drug-likeness (QED) is 0.428. The second-order valence-electron chi connectivity index (χ2n) is 6.87. The van der Waals surface area contributed by atoms with Crippen LogP contribution in [0.2, 0.25) is 0 Å². The Bertz CT molecular complexity index is 481. The average molecular weight is 353 g/mol. The van der Waals surface area contributed by atoms with E-state index in [0.717, 1.165) is 51.8 Å². The van der Waals surface area contributed by atoms with Crippen molar-refractivity contribution in [2.24, 2.45) is 4.99 Å². The van der Waals surface area contributed by atoms with Crippen molar-refractivity contribution < 1.29 is 4.74 Å². The highest BCUT2D eigenvalue weighted by molar-refractivity contribution is 7.10. The van der Waals surface area contributed by atoms with Gasteiger partial charge in [-0.15, -0.1) is 11.3 Å². The molecular weight excluding hydrogens is 320 g/mol. The summed E-state index contributed by atoms with van der Waals surface area (Å²) in [6, 6.07) is 4.32. The van der Waals surface area contributed by atoms with Crippen molar-refractivity contribution in [3.8, 4) is 0 Å². The summed E-state index contributed by atoms with van der Waals surface area (Å²) < 4.78 is 5.38. The van der Waals surface area contributed by atoms with Crippen LogP contribution >= 0.6 is 11.3 Å². The Morgan fingerprint density at radius 2 is 2.08 bits per heavy atom. The molecule has 0 spiro atoms. The van der Waals surface area contributed by atoms with Gasteiger partial charge < -0.3 is 15.4 Å². The van der Waals surface area contributed by atoms with Crippen molar-refractivity contribution in [1.29, 1.82) is 0 Å². The summed E-state index contributed by atoms with van der Waals surface area (Å²) in [7, 11) is 1.83. The number of ether oxygens (including phenoxy) is 1. The van der Waals surface area contributed by atoms with Crippen LogP contribution in [0.3, 0.4) is 0 Å². The minimum Gasteiger partial charge on any atom is -0.379 e. The highest BCUT2D eigenvalue weighted by atomic mass is 32.1. The van der Waals surface area contributed by atoms with Crippen molar-refractivity contribution in [2.45, 2.75) is 32.1 Å². The first-order chi connectivity index (χ1) is 11.6. The number of hydrogen-bond acceptors (Lipinski definition) is 4. The summed E-state index contributed by atoms with van der Waals surface area (Å²) in [4.78, 5) is 8.22. The third-order valence-electron chi connectivity index (χ3n) is 4.41. The number of nitrogens with zero attached hydrogens (tertiary/aromatic N) is 2. The standard InChI is InChI=1S/C18H32N4OS/c1-18(2,16-7-6-14-24-16)15-21-17(19-3)20-8-4-5-9-22-10-12-23-13-11-22/h6-7,14H,4-5,8-13,15H2,1-3H3,(H2,19,20,21). The molecule has 0 radical (unpaired) electrons. The van der Waals surface area contributed by atoms with E-state index in [0.29, 0.717) is 0 Å². The van der Waals surface area contributed by atoms with Crippen molar-refractivity contribution in [1.82, 2.24) is 15.5 Å². The highest BCUT2D eigenvalue weighted by Gasteiger charge is 2.21. The van der Waals surface area contributed by atoms with Crippen LogP contribution in [0, 0.1) is 0 Å². The van der Waals surface area contributed by atoms with E-state index in [1.54, 1.807) is 0 Å². The van der Waals surface area contributed by atoms with Gasteiger partial charge in [0.25, 0.3) is 0 Å². The third kappa shape index (κ3) is 6.42. The topological polar surface area (TPSA) is 48.9 Å². The van der Waals surface area contributed by atoms with Gasteiger partial charge in [-0.1, -0.05) is 19.9 Å². The molecule has 0 aromatic carbocycles. The summed E-state index contributed by atoms with van der Waals surface area (Å²) in [5, 5.41) is 9.02. The van der Waals surface area contributed by atoms with Crippen LogP contribution in [0.15, 0.2) is 22.5 Å². The molecule has 0 unspecified atom stereocenters. The molecule has 6 heteroatoms. The Morgan fingerprint density at radius 3 is 2.75 bits per heavy atom. The number of aliphatic imine (C=N–C) groups is 1. The third-order valence-corrected chi connectivity index (χ3v) is 5.64. The van der Waals surface area contributed by atoms with Gasteiger partial charge >= 0.3 is 0 Å². The molecule has 1 aliphatic rings. The lowest BCUT2D eigenvalue weighted by Gasteiger charge is -2.26. The maximum Gasteiger partial charge on any atom is 0.191 e. The monoisotopic (exact) mass is 352 g/mol. The number of unbranched alkanes of at least 4 members (excludes halogenated alkanes) is 1. The molecular formula is C18H32N4OS. The molecule has 0 atom stereocenters. The van der Waals surface area contributed by atoms with Gasteiger partial charge in [0, 0.05) is 43.5 Å². The maximum absolute atomic E-state index is 5.38. The van der Waals surface area contributed by atoms with E-state index in [1.807, 2.05) is 18.4 Å². The first kappa shape index (κ1) is 19.2. The second-order valence-corrected chi connectivity index (χ2v) is 7.82. The molecule has 0 aliphatic carbocycles. The maximum atomic E-state index is 5.38. The smallest absolute Gasteiger partial charge is 0.191 e. The second kappa shape index (κ2) is 10.0. The van der Waals surface area contributed by atoms with Gasteiger partial charge in [-0.05, 0) is 30.8 Å². The Hall–Kier alpha value is -1.11. The van der Waals surface area contributed by atoms with Crippen molar-refractivity contribution in [3.63, 3.8) is 0 Å². The molecule has 1 fully saturated rings. The number of guanidine groups is 1. The predicted molar refractivity (Wildman–Crippen MR) is 103 cm³/mol. The first-order valence-electron chi connectivity index (χ1n) is 8.90. The Kier molecular flexibility index (Phi) is 8.02. The molecule has 136 valence electrons. The van der Waals surface area contributed by atoms with E-state index in [1.165, 1.54) is 17.8 Å². The summed E-state index contributed by atoms with van der Waals surface area (Å²) in [5.41, 5.74) is 0.113. The average Bonchev–Trinajstić information content (AvgIpc) is 3.14. The summed E-state index contributed by atoms with van der Waals surface area (Å²) in [6.07, 6.45) is 2.37. The Morgan fingerprint density at radius 1 is 1.29 bits per heavy atom. The lowest BCUT2D eigenvalue weighted by atomic mass is 9.91. The molecule has 2 N–H and O–H groups in total. The van der Waals surface area contributed by atoms with Gasteiger partial charge in [-0.3, -0.25) is 9.89 Å². The fourth-order valence-electron chi connectivity index (χ4n) is 2.77. The summed E-state index contributed by atoms with van der Waals surface area (Å²) in [5.74, 6) is 0.894. The fraction of sp³-hybridized carbons (Fsp3) is 0.722. The molecule has 1 aromatic rings. The minimum atomic E-state index is 0.113. The zero-order valence-corrected chi connectivity index (χ0v) is 16.1. The summed E-state index contributed by atoms with van der Waals surface area (Å²) in [6.45, 7) is 11.5. The zero-order valence-electron chi connectivity index (χ0n) is 15.3. The molecule has 1 saturated heterocycles. The number of thiophene rings is 1. The van der Waals surface area contributed by atoms with E-state index in [-0.39, 0.29) is 5.41 Å². The Balaban J connectivity index is 1.60. The molecule has 1 aliphatic heterocycles. The van der Waals surface area contributed by atoms with Crippen LogP contribution in [0.4, 0.5) is 0 Å². The SMILES string of the molecule is CN=C(NCCCCN1CCOCC1)NCC(C)(C)c1cccs1. The molecule has 0 amide bonds. The summed E-state index contributed by atoms with van der Waals surface area (Å²) >= 11 is 1.81. The van der Waals surface area contributed by atoms with Gasteiger partial charge in [-0.2, -0.15) is 0 Å². The van der Waals surface area contributed by atoms with Gasteiger partial charge in [0.1, 0.15) is 0 Å². The van der Waals surface area contributed by atoms with E-state index in [2.05, 4.69) is 51.9 Å². The van der Waals surface area contributed by atoms with E-state index < -0.39 is 0 Å². The largest absolute Gasteiger partial charge is 0.379 e. The van der Waals surface area contributed by atoms with Gasteiger partial charge in [0.2, 0.25) is 0 Å². The van der Waals surface area contributed by atoms with Gasteiger partial charge in [0.05, 0.1) is 13.2 Å². The predicted octanol–water partition coefficient (Wildman–Crippen LogP) is 2.30. The number of hydrogen-bond donors (Lipinski definition) is 2. The normalized spacial score (nSPS) is 17.0. The van der Waals surface area contributed by atoms with Crippen LogP contribution in [0.25, 0.3) is 0 Å². The molecule has 5 nitrogen and oxygen atoms in total. The number of nitrogens with one attached hydrogen (secondary N) is 2. The number of morpholine rings is 1.